The molecule has 0 bridgehead atoms. The summed E-state index contributed by atoms with van der Waals surface area (Å²) in [4.78, 5) is 2.39. The minimum atomic E-state index is 1.08. The van der Waals surface area contributed by atoms with Gasteiger partial charge in [-0.3, -0.25) is 0 Å². The highest BCUT2D eigenvalue weighted by Crippen LogP contribution is 2.51. The summed E-state index contributed by atoms with van der Waals surface area (Å²) in [6.45, 7) is 0. The molecule has 1 aliphatic rings. The molecule has 32 heavy (non-hydrogen) atoms. The third-order valence-corrected chi connectivity index (χ3v) is 6.56. The zero-order valence-corrected chi connectivity index (χ0v) is 19.0. The summed E-state index contributed by atoms with van der Waals surface area (Å²) < 4.78 is 1.08. The summed E-state index contributed by atoms with van der Waals surface area (Å²) >= 11 is 3.70. The zero-order valence-electron chi connectivity index (χ0n) is 17.4. The van der Waals surface area contributed by atoms with Gasteiger partial charge in [0.15, 0.2) is 0 Å². The van der Waals surface area contributed by atoms with Crippen LogP contribution in [0.15, 0.2) is 126 Å². The van der Waals surface area contributed by atoms with Crippen molar-refractivity contribution < 1.29 is 0 Å². The van der Waals surface area contributed by atoms with E-state index >= 15 is 0 Å². The molecule has 5 aromatic rings. The van der Waals surface area contributed by atoms with E-state index < -0.39 is 0 Å². The first-order valence-corrected chi connectivity index (χ1v) is 11.5. The molecule has 152 valence electrons. The lowest BCUT2D eigenvalue weighted by Gasteiger charge is -2.27. The Kier molecular flexibility index (Phi) is 4.66. The number of halogens is 1. The van der Waals surface area contributed by atoms with Gasteiger partial charge in [0, 0.05) is 21.3 Å². The summed E-state index contributed by atoms with van der Waals surface area (Å²) in [5, 5.41) is 0. The van der Waals surface area contributed by atoms with Crippen molar-refractivity contribution in [2.75, 3.05) is 4.90 Å². The minimum absolute atomic E-state index is 1.08. The van der Waals surface area contributed by atoms with Crippen molar-refractivity contribution in [3.05, 3.63) is 126 Å². The van der Waals surface area contributed by atoms with E-state index in [9.17, 15) is 0 Å². The second-order valence-corrected chi connectivity index (χ2v) is 8.89. The maximum Gasteiger partial charge on any atom is 0.0541 e. The van der Waals surface area contributed by atoms with Crippen LogP contribution >= 0.6 is 15.9 Å². The molecule has 0 radical (unpaired) electrons. The summed E-state index contributed by atoms with van der Waals surface area (Å²) in [5.74, 6) is 0. The van der Waals surface area contributed by atoms with Gasteiger partial charge >= 0.3 is 0 Å². The van der Waals surface area contributed by atoms with Crippen molar-refractivity contribution in [3.8, 4) is 33.4 Å². The molecule has 0 saturated heterocycles. The largest absolute Gasteiger partial charge is 0.309 e. The van der Waals surface area contributed by atoms with E-state index in [4.69, 9.17) is 0 Å². The molecule has 1 aliphatic heterocycles. The average Bonchev–Trinajstić information content (AvgIpc) is 2.97. The number of para-hydroxylation sites is 1. The van der Waals surface area contributed by atoms with E-state index in [2.05, 4.69) is 142 Å². The van der Waals surface area contributed by atoms with Crippen LogP contribution in [0, 0.1) is 0 Å². The molecule has 2 heteroatoms. The predicted octanol–water partition coefficient (Wildman–Crippen LogP) is 9.23. The van der Waals surface area contributed by atoms with E-state index in [1.165, 1.54) is 44.8 Å². The standard InChI is InChI=1S/C30H20BrN/c31-23-17-18-30-28(20-23)26-14-5-4-13-25(26)27-15-6-7-16-29(27)32(30)24-12-8-11-22(19-24)21-9-2-1-3-10-21/h1-20H. The Morgan fingerprint density at radius 3 is 1.88 bits per heavy atom. The van der Waals surface area contributed by atoms with Gasteiger partial charge in [-0.05, 0) is 58.7 Å². The molecule has 0 unspecified atom stereocenters. The zero-order chi connectivity index (χ0) is 21.5. The van der Waals surface area contributed by atoms with E-state index in [0.717, 1.165) is 10.2 Å². The van der Waals surface area contributed by atoms with Crippen molar-refractivity contribution in [3.63, 3.8) is 0 Å². The number of nitrogens with zero attached hydrogens (tertiary/aromatic N) is 1. The van der Waals surface area contributed by atoms with Gasteiger partial charge in [0.2, 0.25) is 0 Å². The number of fused-ring (bicyclic) bond motifs is 5. The average molecular weight is 474 g/mol. The van der Waals surface area contributed by atoms with E-state index in [1.807, 2.05) is 0 Å². The Labute approximate surface area is 196 Å². The molecule has 6 rings (SSSR count). The molecule has 0 spiro atoms. The number of hydrogen-bond donors (Lipinski definition) is 0. The van der Waals surface area contributed by atoms with Crippen LogP contribution in [0.2, 0.25) is 0 Å². The van der Waals surface area contributed by atoms with Crippen LogP contribution < -0.4 is 4.90 Å². The van der Waals surface area contributed by atoms with Crippen molar-refractivity contribution in [1.29, 1.82) is 0 Å². The van der Waals surface area contributed by atoms with Gasteiger partial charge in [0.1, 0.15) is 0 Å². The van der Waals surface area contributed by atoms with Gasteiger partial charge < -0.3 is 4.90 Å². The smallest absolute Gasteiger partial charge is 0.0541 e. The molecule has 0 atom stereocenters. The van der Waals surface area contributed by atoms with Crippen LogP contribution in [-0.2, 0) is 0 Å². The predicted molar refractivity (Wildman–Crippen MR) is 139 cm³/mol. The summed E-state index contributed by atoms with van der Waals surface area (Å²) in [6.07, 6.45) is 0. The molecule has 0 saturated carbocycles. The minimum Gasteiger partial charge on any atom is -0.309 e. The molecule has 1 nitrogen and oxygen atoms in total. The second kappa shape index (κ2) is 7.81. The van der Waals surface area contributed by atoms with E-state index in [-0.39, 0.29) is 0 Å². The molecular weight excluding hydrogens is 454 g/mol. The highest BCUT2D eigenvalue weighted by molar-refractivity contribution is 9.10. The maximum absolute atomic E-state index is 3.70. The first-order valence-electron chi connectivity index (χ1n) is 10.7. The van der Waals surface area contributed by atoms with Crippen LogP contribution in [0.3, 0.4) is 0 Å². The highest BCUT2D eigenvalue weighted by Gasteiger charge is 2.25. The monoisotopic (exact) mass is 473 g/mol. The third kappa shape index (κ3) is 3.16. The summed E-state index contributed by atoms with van der Waals surface area (Å²) in [6, 6.07) is 43.3. The van der Waals surface area contributed by atoms with Crippen molar-refractivity contribution in [2.24, 2.45) is 0 Å². The summed E-state index contributed by atoms with van der Waals surface area (Å²) in [7, 11) is 0. The van der Waals surface area contributed by atoms with Crippen LogP contribution in [0.5, 0.6) is 0 Å². The number of anilines is 3. The topological polar surface area (TPSA) is 3.24 Å². The van der Waals surface area contributed by atoms with Gasteiger partial charge in [0.25, 0.3) is 0 Å². The fraction of sp³-hybridized carbons (Fsp3) is 0. The van der Waals surface area contributed by atoms with E-state index in [1.54, 1.807) is 0 Å². The lowest BCUT2D eigenvalue weighted by molar-refractivity contribution is 1.29. The highest BCUT2D eigenvalue weighted by atomic mass is 79.9. The van der Waals surface area contributed by atoms with Crippen molar-refractivity contribution >= 4 is 33.0 Å². The van der Waals surface area contributed by atoms with Gasteiger partial charge in [0.05, 0.1) is 11.4 Å². The van der Waals surface area contributed by atoms with Crippen LogP contribution in [0.25, 0.3) is 33.4 Å². The van der Waals surface area contributed by atoms with Crippen molar-refractivity contribution in [1.82, 2.24) is 0 Å². The quantitative estimate of drug-likeness (QED) is 0.242. The fourth-order valence-corrected chi connectivity index (χ4v) is 4.99. The second-order valence-electron chi connectivity index (χ2n) is 7.98. The molecule has 0 fully saturated rings. The molecular formula is C30H20BrN. The lowest BCUT2D eigenvalue weighted by atomic mass is 9.95. The van der Waals surface area contributed by atoms with Gasteiger partial charge in [-0.1, -0.05) is 101 Å². The lowest BCUT2D eigenvalue weighted by Crippen LogP contribution is -2.11. The molecule has 0 amide bonds. The van der Waals surface area contributed by atoms with E-state index in [0.29, 0.717) is 0 Å². The molecule has 1 heterocycles. The Hall–Kier alpha value is -3.62. The summed E-state index contributed by atoms with van der Waals surface area (Å²) in [5.41, 5.74) is 10.9. The molecule has 0 aromatic heterocycles. The fourth-order valence-electron chi connectivity index (χ4n) is 4.63. The van der Waals surface area contributed by atoms with Crippen molar-refractivity contribution in [2.45, 2.75) is 0 Å². The Morgan fingerprint density at radius 2 is 1.06 bits per heavy atom. The normalized spacial score (nSPS) is 11.8. The first kappa shape index (κ1) is 19.1. The molecule has 5 aromatic carbocycles. The number of rotatable bonds is 2. The number of hydrogen-bond acceptors (Lipinski definition) is 1. The number of benzene rings is 5. The molecule has 0 aliphatic carbocycles. The van der Waals surface area contributed by atoms with Gasteiger partial charge in [-0.15, -0.1) is 0 Å². The van der Waals surface area contributed by atoms with Gasteiger partial charge in [-0.2, -0.15) is 0 Å². The Bertz CT molecular complexity index is 1440. The Morgan fingerprint density at radius 1 is 0.438 bits per heavy atom. The first-order chi connectivity index (χ1) is 15.8. The van der Waals surface area contributed by atoms with Crippen LogP contribution in [0.1, 0.15) is 0 Å². The van der Waals surface area contributed by atoms with Crippen LogP contribution in [0.4, 0.5) is 17.1 Å². The van der Waals surface area contributed by atoms with Crippen LogP contribution in [-0.4, -0.2) is 0 Å². The third-order valence-electron chi connectivity index (χ3n) is 6.06. The van der Waals surface area contributed by atoms with Gasteiger partial charge in [-0.25, -0.2) is 0 Å². The molecule has 0 N–H and O–H groups in total. The SMILES string of the molecule is Brc1ccc2c(c1)-c1ccccc1-c1ccccc1N2c1cccc(-c2ccccc2)c1. The maximum atomic E-state index is 3.70. The Balaban J connectivity index is 1.65.